The fourth-order valence-corrected chi connectivity index (χ4v) is 5.29. The zero-order chi connectivity index (χ0) is 22.0. The van der Waals surface area contributed by atoms with Gasteiger partial charge in [0.2, 0.25) is 0 Å². The zero-order valence-corrected chi connectivity index (χ0v) is 18.2. The lowest BCUT2D eigenvalue weighted by molar-refractivity contribution is -0.00957. The molecule has 4 heteroatoms. The average Bonchev–Trinajstić information content (AvgIpc) is 2.75. The van der Waals surface area contributed by atoms with E-state index in [4.69, 9.17) is 4.74 Å². The number of rotatable bonds is 3. The predicted molar refractivity (Wildman–Crippen MR) is 116 cm³/mol. The molecule has 4 atom stereocenters. The van der Waals surface area contributed by atoms with Crippen LogP contribution in [0.15, 0.2) is 30.3 Å². The third-order valence-electron chi connectivity index (χ3n) is 7.01. The van der Waals surface area contributed by atoms with Crippen LogP contribution in [0, 0.1) is 48.1 Å². The molecular weight excluding hydrogens is 397 g/mol. The smallest absolute Gasteiger partial charge is 0.142 e. The molecule has 4 unspecified atom stereocenters. The van der Waals surface area contributed by atoms with Gasteiger partial charge in [-0.05, 0) is 106 Å². The first-order valence-corrected chi connectivity index (χ1v) is 11.3. The van der Waals surface area contributed by atoms with E-state index in [-0.39, 0.29) is 17.3 Å². The molecule has 0 bridgehead atoms. The van der Waals surface area contributed by atoms with Crippen LogP contribution >= 0.6 is 0 Å². The molecule has 1 nitrogen and oxygen atoms in total. The van der Waals surface area contributed by atoms with E-state index in [1.807, 2.05) is 6.92 Å². The molecule has 164 valence electrons. The predicted octanol–water partition coefficient (Wildman–Crippen LogP) is 6.90. The van der Waals surface area contributed by atoms with Gasteiger partial charge in [-0.3, -0.25) is 0 Å². The van der Waals surface area contributed by atoms with E-state index in [0.717, 1.165) is 50.7 Å². The van der Waals surface area contributed by atoms with Crippen molar-refractivity contribution in [3.63, 3.8) is 0 Å². The molecule has 2 aliphatic rings. The summed E-state index contributed by atoms with van der Waals surface area (Å²) in [7, 11) is 0. The summed E-state index contributed by atoms with van der Waals surface area (Å²) < 4.78 is 49.0. The normalized spacial score (nSPS) is 25.5. The highest BCUT2D eigenvalue weighted by atomic mass is 19.1. The van der Waals surface area contributed by atoms with Crippen LogP contribution in [0.25, 0.3) is 0 Å². The first-order valence-electron chi connectivity index (χ1n) is 11.3. The number of ether oxygens (including phenoxy) is 1. The molecule has 0 N–H and O–H groups in total. The van der Waals surface area contributed by atoms with E-state index >= 15 is 0 Å². The Morgan fingerprint density at radius 3 is 2.29 bits per heavy atom. The van der Waals surface area contributed by atoms with Gasteiger partial charge in [0.05, 0.1) is 11.7 Å². The summed E-state index contributed by atoms with van der Waals surface area (Å²) in [6, 6.07) is 7.42. The fraction of sp³-hybridized carbons (Fsp3) is 0.481. The van der Waals surface area contributed by atoms with Crippen molar-refractivity contribution in [3.05, 3.63) is 70.0 Å². The zero-order valence-electron chi connectivity index (χ0n) is 18.2. The third kappa shape index (κ3) is 4.99. The summed E-state index contributed by atoms with van der Waals surface area (Å²) in [6.45, 7) is 4.46. The Morgan fingerprint density at radius 1 is 0.871 bits per heavy atom. The van der Waals surface area contributed by atoms with Crippen LogP contribution in [0.4, 0.5) is 13.2 Å². The summed E-state index contributed by atoms with van der Waals surface area (Å²) >= 11 is 0. The fourth-order valence-electron chi connectivity index (χ4n) is 5.29. The first-order chi connectivity index (χ1) is 14.9. The summed E-state index contributed by atoms with van der Waals surface area (Å²) in [5.74, 6) is 5.03. The van der Waals surface area contributed by atoms with Crippen LogP contribution in [0.3, 0.4) is 0 Å². The molecule has 2 saturated carbocycles. The van der Waals surface area contributed by atoms with Gasteiger partial charge in [0, 0.05) is 12.2 Å². The van der Waals surface area contributed by atoms with Crippen LogP contribution < -0.4 is 0 Å². The molecule has 0 aromatic heterocycles. The molecule has 2 fully saturated rings. The highest BCUT2D eigenvalue weighted by molar-refractivity contribution is 5.46. The largest absolute Gasteiger partial charge is 0.378 e. The monoisotopic (exact) mass is 426 g/mol. The summed E-state index contributed by atoms with van der Waals surface area (Å²) in [6.07, 6.45) is 6.72. The maximum atomic E-state index is 14.7. The third-order valence-corrected chi connectivity index (χ3v) is 7.01. The number of benzene rings is 2. The molecule has 0 amide bonds. The molecule has 0 radical (unpaired) electrons. The highest BCUT2D eigenvalue weighted by Crippen LogP contribution is 2.46. The van der Waals surface area contributed by atoms with Gasteiger partial charge < -0.3 is 4.74 Å². The van der Waals surface area contributed by atoms with Crippen LogP contribution in [-0.4, -0.2) is 12.7 Å². The van der Waals surface area contributed by atoms with E-state index < -0.39 is 11.6 Å². The standard InChI is InChI=1S/C27H29F3O/c1-3-31-23-10-9-19-13-20(7-8-21(19)14-23)22-15-26(29)24(27(30)16-22)11-6-18-5-4-17(2)25(28)12-18/h4-5,12,15-16,19-21,23H,3,7-10,13-14H2,1-2H3. The van der Waals surface area contributed by atoms with Crippen molar-refractivity contribution < 1.29 is 17.9 Å². The second-order valence-corrected chi connectivity index (χ2v) is 8.99. The van der Waals surface area contributed by atoms with E-state index in [2.05, 4.69) is 11.8 Å². The number of halogens is 3. The molecule has 0 heterocycles. The summed E-state index contributed by atoms with van der Waals surface area (Å²) in [5.41, 5.74) is 1.38. The van der Waals surface area contributed by atoms with Crippen LogP contribution in [0.2, 0.25) is 0 Å². The Labute approximate surface area is 183 Å². The van der Waals surface area contributed by atoms with E-state index in [1.165, 1.54) is 18.2 Å². The van der Waals surface area contributed by atoms with E-state index in [0.29, 0.717) is 29.1 Å². The molecule has 0 spiro atoms. The maximum Gasteiger partial charge on any atom is 0.142 e. The lowest BCUT2D eigenvalue weighted by Gasteiger charge is -2.42. The molecular formula is C27H29F3O. The van der Waals surface area contributed by atoms with Crippen LogP contribution in [0.1, 0.15) is 73.6 Å². The number of hydrogen-bond donors (Lipinski definition) is 0. The Hall–Kier alpha value is -2.25. The quantitative estimate of drug-likeness (QED) is 0.485. The van der Waals surface area contributed by atoms with Crippen LogP contribution in [-0.2, 0) is 4.74 Å². The second-order valence-electron chi connectivity index (χ2n) is 8.99. The van der Waals surface area contributed by atoms with Crippen molar-refractivity contribution in [1.82, 2.24) is 0 Å². The van der Waals surface area contributed by atoms with Gasteiger partial charge in [0.25, 0.3) is 0 Å². The Morgan fingerprint density at radius 2 is 1.58 bits per heavy atom. The topological polar surface area (TPSA) is 9.23 Å². The van der Waals surface area contributed by atoms with Gasteiger partial charge >= 0.3 is 0 Å². The minimum absolute atomic E-state index is 0.182. The molecule has 0 aliphatic heterocycles. The van der Waals surface area contributed by atoms with Crippen LogP contribution in [0.5, 0.6) is 0 Å². The lowest BCUT2D eigenvalue weighted by atomic mass is 9.65. The molecule has 2 aliphatic carbocycles. The highest BCUT2D eigenvalue weighted by Gasteiger charge is 2.36. The van der Waals surface area contributed by atoms with Crippen molar-refractivity contribution >= 4 is 0 Å². The van der Waals surface area contributed by atoms with Crippen molar-refractivity contribution in [1.29, 1.82) is 0 Å². The molecule has 4 rings (SSSR count). The molecule has 2 aromatic carbocycles. The van der Waals surface area contributed by atoms with Gasteiger partial charge in [-0.2, -0.15) is 0 Å². The SMILES string of the molecule is CCOC1CCC2CC(c3cc(F)c(C#Cc4ccc(C)c(F)c4)c(F)c3)CCC2C1. The number of fused-ring (bicyclic) bond motifs is 1. The van der Waals surface area contributed by atoms with Crippen molar-refractivity contribution in [2.24, 2.45) is 11.8 Å². The Bertz CT molecular complexity index is 980. The van der Waals surface area contributed by atoms with Crippen molar-refractivity contribution in [2.75, 3.05) is 6.61 Å². The Kier molecular flexibility index (Phi) is 6.72. The summed E-state index contributed by atoms with van der Waals surface area (Å²) in [4.78, 5) is 0. The minimum Gasteiger partial charge on any atom is -0.378 e. The van der Waals surface area contributed by atoms with Gasteiger partial charge in [0.15, 0.2) is 0 Å². The van der Waals surface area contributed by atoms with E-state index in [9.17, 15) is 13.2 Å². The number of aryl methyl sites for hydroxylation is 1. The van der Waals surface area contributed by atoms with E-state index in [1.54, 1.807) is 19.1 Å². The van der Waals surface area contributed by atoms with Crippen molar-refractivity contribution in [3.8, 4) is 11.8 Å². The second kappa shape index (κ2) is 9.49. The molecule has 2 aromatic rings. The van der Waals surface area contributed by atoms with Crippen molar-refractivity contribution in [2.45, 2.75) is 64.4 Å². The molecule has 31 heavy (non-hydrogen) atoms. The maximum absolute atomic E-state index is 14.7. The van der Waals surface area contributed by atoms with Gasteiger partial charge in [-0.1, -0.05) is 17.9 Å². The minimum atomic E-state index is -0.641. The first kappa shape index (κ1) is 22.0. The lowest BCUT2D eigenvalue weighted by Crippen LogP contribution is -2.33. The van der Waals surface area contributed by atoms with Gasteiger partial charge in [-0.15, -0.1) is 0 Å². The van der Waals surface area contributed by atoms with Gasteiger partial charge in [0.1, 0.15) is 17.5 Å². The van der Waals surface area contributed by atoms with Gasteiger partial charge in [-0.25, -0.2) is 13.2 Å². The summed E-state index contributed by atoms with van der Waals surface area (Å²) in [5, 5.41) is 0. The average molecular weight is 427 g/mol. The molecule has 0 saturated heterocycles. The Balaban J connectivity index is 1.48. The number of hydrogen-bond acceptors (Lipinski definition) is 1.